The number of aromatic nitrogens is 4. The molecule has 2 N–H and O–H groups in total. The van der Waals surface area contributed by atoms with Crippen LogP contribution in [-0.2, 0) is 0 Å². The molecule has 11 nitrogen and oxygen atoms in total. The Balaban J connectivity index is 1.30. The summed E-state index contributed by atoms with van der Waals surface area (Å²) in [6.07, 6.45) is 6.07. The van der Waals surface area contributed by atoms with Crippen LogP contribution in [0.4, 0.5) is 23.3 Å². The molecule has 1 atom stereocenters. The van der Waals surface area contributed by atoms with E-state index >= 15 is 0 Å². The molecule has 0 saturated carbocycles. The minimum atomic E-state index is -0.0892. The molecule has 1 aliphatic heterocycles. The lowest BCUT2D eigenvalue weighted by molar-refractivity contribution is 0.0743. The lowest BCUT2D eigenvalue weighted by atomic mass is 10.1. The average molecular weight is 563 g/mol. The Hall–Kier alpha value is -4.19. The number of carbonyl (C=O) groups excluding carboxylic acids is 1. The number of hydrogen-bond acceptors (Lipinski definition) is 11. The van der Waals surface area contributed by atoms with Gasteiger partial charge in [0.15, 0.2) is 17.4 Å². The van der Waals surface area contributed by atoms with Crippen molar-refractivity contribution in [2.24, 2.45) is 0 Å². The number of amides is 1. The average Bonchev–Trinajstić information content (AvgIpc) is 3.66. The predicted molar refractivity (Wildman–Crippen MR) is 156 cm³/mol. The van der Waals surface area contributed by atoms with Gasteiger partial charge in [0.2, 0.25) is 5.95 Å². The zero-order chi connectivity index (χ0) is 28.1. The molecule has 0 bridgehead atoms. The van der Waals surface area contributed by atoms with E-state index in [1.165, 1.54) is 0 Å². The van der Waals surface area contributed by atoms with Crippen LogP contribution in [0.3, 0.4) is 0 Å². The molecule has 0 radical (unpaired) electrons. The zero-order valence-electron chi connectivity index (χ0n) is 23.1. The van der Waals surface area contributed by atoms with Gasteiger partial charge in [-0.25, -0.2) is 9.97 Å². The van der Waals surface area contributed by atoms with Crippen molar-refractivity contribution >= 4 is 40.9 Å². The Kier molecular flexibility index (Phi) is 8.44. The first-order valence-electron chi connectivity index (χ1n) is 13.4. The van der Waals surface area contributed by atoms with Crippen LogP contribution in [0, 0.1) is 0 Å². The number of furan rings is 1. The van der Waals surface area contributed by atoms with Crippen LogP contribution in [0.15, 0.2) is 53.4 Å². The van der Waals surface area contributed by atoms with E-state index in [2.05, 4.69) is 61.1 Å². The highest BCUT2D eigenvalue weighted by Crippen LogP contribution is 2.35. The van der Waals surface area contributed by atoms with Crippen LogP contribution in [0.25, 0.3) is 0 Å². The zero-order valence-corrected chi connectivity index (χ0v) is 23.9. The van der Waals surface area contributed by atoms with Crippen LogP contribution < -0.4 is 20.3 Å². The van der Waals surface area contributed by atoms with Gasteiger partial charge in [-0.05, 0) is 42.2 Å². The van der Waals surface area contributed by atoms with Crippen molar-refractivity contribution in [2.75, 3.05) is 48.8 Å². The molecule has 210 valence electrons. The van der Waals surface area contributed by atoms with Gasteiger partial charge in [-0.15, -0.1) is 0 Å². The number of para-hydroxylation sites is 1. The topological polar surface area (TPSA) is 122 Å². The lowest BCUT2D eigenvalue weighted by Gasteiger charge is -2.35. The summed E-state index contributed by atoms with van der Waals surface area (Å²) in [5.74, 6) is 3.45. The summed E-state index contributed by atoms with van der Waals surface area (Å²) < 4.78 is 20.5. The van der Waals surface area contributed by atoms with Gasteiger partial charge in [-0.1, -0.05) is 26.8 Å². The molecule has 5 rings (SSSR count). The number of hydrogen-bond donors (Lipinski definition) is 2. The summed E-state index contributed by atoms with van der Waals surface area (Å²) in [5, 5.41) is 6.79. The second-order valence-electron chi connectivity index (χ2n) is 9.84. The third kappa shape index (κ3) is 5.86. The van der Waals surface area contributed by atoms with Crippen molar-refractivity contribution in [1.29, 1.82) is 0 Å². The van der Waals surface area contributed by atoms with E-state index in [1.807, 2.05) is 23.3 Å². The van der Waals surface area contributed by atoms with Crippen molar-refractivity contribution in [3.63, 3.8) is 0 Å². The summed E-state index contributed by atoms with van der Waals surface area (Å²) >= 11 is 1.10. The summed E-state index contributed by atoms with van der Waals surface area (Å²) in [5.41, 5.74) is 2.28. The Morgan fingerprint density at radius 1 is 1.10 bits per heavy atom. The molecular weight excluding hydrogens is 528 g/mol. The van der Waals surface area contributed by atoms with Gasteiger partial charge in [0, 0.05) is 38.6 Å². The van der Waals surface area contributed by atoms with Crippen LogP contribution in [-0.4, -0.2) is 62.8 Å². The first-order chi connectivity index (χ1) is 19.5. The molecule has 0 spiro atoms. The third-order valence-electron chi connectivity index (χ3n) is 6.96. The molecule has 1 amide bonds. The number of carbonyl (C=O) groups is 1. The molecule has 1 aromatic carbocycles. The Bertz CT molecular complexity index is 1420. The molecule has 4 heterocycles. The highest BCUT2D eigenvalue weighted by atomic mass is 32.1. The third-order valence-corrected chi connectivity index (χ3v) is 7.49. The Morgan fingerprint density at radius 2 is 1.85 bits per heavy atom. The van der Waals surface area contributed by atoms with Crippen molar-refractivity contribution in [3.05, 3.63) is 65.9 Å². The molecule has 40 heavy (non-hydrogen) atoms. The Labute approximate surface area is 237 Å². The van der Waals surface area contributed by atoms with Crippen LogP contribution in [0.1, 0.15) is 60.8 Å². The molecule has 4 aromatic rings. The number of methoxy groups -OCH3 is 1. The minimum Gasteiger partial charge on any atom is -0.494 e. The van der Waals surface area contributed by atoms with Gasteiger partial charge < -0.3 is 29.6 Å². The van der Waals surface area contributed by atoms with Crippen LogP contribution >= 0.6 is 11.7 Å². The fraction of sp³-hybridized carbons (Fsp3) is 0.393. The molecule has 12 heteroatoms. The fourth-order valence-corrected chi connectivity index (χ4v) is 5.12. The maximum absolute atomic E-state index is 13.6. The molecule has 1 fully saturated rings. The van der Waals surface area contributed by atoms with E-state index in [0.717, 1.165) is 29.5 Å². The second-order valence-corrected chi connectivity index (χ2v) is 10.4. The summed E-state index contributed by atoms with van der Waals surface area (Å²) in [6.45, 7) is 8.80. The minimum absolute atomic E-state index is 0.0632. The number of rotatable bonds is 10. The summed E-state index contributed by atoms with van der Waals surface area (Å²) in [6, 6.07) is 9.30. The smallest absolute Gasteiger partial charge is 0.257 e. The number of nitrogens with zero attached hydrogens (tertiary/aromatic N) is 6. The molecule has 1 aliphatic rings. The van der Waals surface area contributed by atoms with Crippen molar-refractivity contribution in [3.8, 4) is 5.75 Å². The highest BCUT2D eigenvalue weighted by Gasteiger charge is 2.27. The summed E-state index contributed by atoms with van der Waals surface area (Å²) in [4.78, 5) is 26.1. The van der Waals surface area contributed by atoms with Crippen LogP contribution in [0.2, 0.25) is 0 Å². The maximum atomic E-state index is 13.6. The number of benzene rings is 1. The monoisotopic (exact) mass is 562 g/mol. The first kappa shape index (κ1) is 27.4. The molecule has 3 aromatic heterocycles. The van der Waals surface area contributed by atoms with Gasteiger partial charge in [-0.2, -0.15) is 8.75 Å². The van der Waals surface area contributed by atoms with Gasteiger partial charge in [0.25, 0.3) is 5.91 Å². The Morgan fingerprint density at radius 3 is 2.52 bits per heavy atom. The fourth-order valence-electron chi connectivity index (χ4n) is 4.64. The highest BCUT2D eigenvalue weighted by molar-refractivity contribution is 6.99. The number of nitrogens with one attached hydrogen (secondary N) is 2. The first-order valence-corrected chi connectivity index (χ1v) is 14.1. The quantitative estimate of drug-likeness (QED) is 0.263. The van der Waals surface area contributed by atoms with Gasteiger partial charge in [0.1, 0.15) is 5.76 Å². The van der Waals surface area contributed by atoms with Gasteiger partial charge in [-0.3, -0.25) is 4.79 Å². The van der Waals surface area contributed by atoms with Crippen LogP contribution in [0.5, 0.6) is 5.75 Å². The molecule has 0 aliphatic carbocycles. The second kappa shape index (κ2) is 12.3. The van der Waals surface area contributed by atoms with Crippen molar-refractivity contribution < 1.29 is 13.9 Å². The molecular formula is C28H34N8O3S. The number of ether oxygens (including phenoxy) is 1. The number of anilines is 4. The van der Waals surface area contributed by atoms with Gasteiger partial charge >= 0.3 is 0 Å². The van der Waals surface area contributed by atoms with E-state index in [-0.39, 0.29) is 11.9 Å². The van der Waals surface area contributed by atoms with E-state index in [9.17, 15) is 4.79 Å². The SMILES string of the molecule is CC[C@@H](Nc1nsnc1Nc1cccc(C(=O)N2CCN(c3ncccn3)CC2)c1OC)c1cc(C(C)C)co1. The van der Waals surface area contributed by atoms with E-state index in [1.54, 1.807) is 31.6 Å². The predicted octanol–water partition coefficient (Wildman–Crippen LogP) is 5.32. The van der Waals surface area contributed by atoms with E-state index in [4.69, 9.17) is 9.15 Å². The molecule has 0 unspecified atom stereocenters. The van der Waals surface area contributed by atoms with E-state index in [0.29, 0.717) is 66.7 Å². The van der Waals surface area contributed by atoms with Crippen molar-refractivity contribution in [2.45, 2.75) is 39.2 Å². The lowest BCUT2D eigenvalue weighted by Crippen LogP contribution is -2.49. The van der Waals surface area contributed by atoms with Gasteiger partial charge in [0.05, 0.1) is 42.4 Å². The van der Waals surface area contributed by atoms with Crippen molar-refractivity contribution in [1.82, 2.24) is 23.6 Å². The number of piperazine rings is 1. The normalized spacial score (nSPS) is 14.3. The van der Waals surface area contributed by atoms with E-state index < -0.39 is 0 Å². The maximum Gasteiger partial charge on any atom is 0.257 e. The largest absolute Gasteiger partial charge is 0.494 e. The molecule has 1 saturated heterocycles. The standard InChI is InChI=1S/C28H34N8O3S/c1-5-21(23-16-19(17-39-23)18(2)3)31-25-26(34-40-33-25)32-22-9-6-8-20(24(22)38-4)27(37)35-12-14-36(15-13-35)28-29-10-7-11-30-28/h6-11,16-18,21H,5,12-15H2,1-4H3,(H,31,33)(H,32,34)/t21-/m1/s1. The summed E-state index contributed by atoms with van der Waals surface area (Å²) in [7, 11) is 1.57.